The fourth-order valence-electron chi connectivity index (χ4n) is 3.37. The standard InChI is InChI=1S/C21H34O4/c1-3-4-7-10-17(22)13-14-18-16(2)15-20(23)19(18)11-8-5-6-9-12-21(24)25/h5,8,13-14,17-20,22-23H,2-4,6-7,9-12,15H2,1H3,(H,24,25)/t17-,18-,19+,20-/m0/s1. The lowest BCUT2D eigenvalue weighted by Crippen LogP contribution is -2.18. The van der Waals surface area contributed by atoms with Crippen LogP contribution in [0, 0.1) is 11.8 Å². The molecule has 1 aliphatic carbocycles. The number of aliphatic hydroxyl groups is 2. The first kappa shape index (κ1) is 21.7. The Morgan fingerprint density at radius 2 is 2.08 bits per heavy atom. The minimum Gasteiger partial charge on any atom is -0.481 e. The second kappa shape index (κ2) is 12.0. The van der Waals surface area contributed by atoms with Crippen molar-refractivity contribution in [2.45, 2.75) is 76.9 Å². The molecule has 0 aromatic carbocycles. The molecule has 0 spiro atoms. The van der Waals surface area contributed by atoms with Crippen LogP contribution in [0.15, 0.2) is 36.5 Å². The highest BCUT2D eigenvalue weighted by Gasteiger charge is 2.35. The normalized spacial score (nSPS) is 25.2. The fraction of sp³-hybridized carbons (Fsp3) is 0.667. The largest absolute Gasteiger partial charge is 0.481 e. The molecule has 1 aliphatic rings. The molecule has 142 valence electrons. The molecule has 0 amide bonds. The van der Waals surface area contributed by atoms with E-state index in [2.05, 4.69) is 13.5 Å². The highest BCUT2D eigenvalue weighted by atomic mass is 16.4. The Kier molecular flexibility index (Phi) is 10.4. The van der Waals surface area contributed by atoms with Gasteiger partial charge in [-0.05, 0) is 38.0 Å². The van der Waals surface area contributed by atoms with Crippen molar-refractivity contribution in [3.63, 3.8) is 0 Å². The Morgan fingerprint density at radius 1 is 1.32 bits per heavy atom. The van der Waals surface area contributed by atoms with Crippen molar-refractivity contribution in [3.05, 3.63) is 36.5 Å². The lowest BCUT2D eigenvalue weighted by molar-refractivity contribution is -0.137. The van der Waals surface area contributed by atoms with Gasteiger partial charge in [0.05, 0.1) is 12.2 Å². The van der Waals surface area contributed by atoms with Crippen LogP contribution in [-0.4, -0.2) is 33.5 Å². The summed E-state index contributed by atoms with van der Waals surface area (Å²) in [6.07, 6.45) is 14.1. The number of unbranched alkanes of at least 4 members (excludes halogenated alkanes) is 3. The van der Waals surface area contributed by atoms with E-state index in [0.29, 0.717) is 12.8 Å². The number of carboxylic acids is 1. The molecule has 0 heterocycles. The van der Waals surface area contributed by atoms with Crippen molar-refractivity contribution in [3.8, 4) is 0 Å². The van der Waals surface area contributed by atoms with Gasteiger partial charge >= 0.3 is 5.97 Å². The first-order chi connectivity index (χ1) is 12.0. The highest BCUT2D eigenvalue weighted by Crippen LogP contribution is 2.39. The van der Waals surface area contributed by atoms with Gasteiger partial charge in [0, 0.05) is 12.3 Å². The minimum absolute atomic E-state index is 0.0855. The molecule has 1 fully saturated rings. The molecule has 0 aromatic rings. The molecule has 4 heteroatoms. The number of rotatable bonds is 12. The predicted octanol–water partition coefficient (Wildman–Crippen LogP) is 4.24. The number of carboxylic acid groups (broad SMARTS) is 1. The Balaban J connectivity index is 2.48. The summed E-state index contributed by atoms with van der Waals surface area (Å²) in [5.41, 5.74) is 1.02. The summed E-state index contributed by atoms with van der Waals surface area (Å²) in [6, 6.07) is 0. The zero-order valence-electron chi connectivity index (χ0n) is 15.4. The summed E-state index contributed by atoms with van der Waals surface area (Å²) >= 11 is 0. The first-order valence-electron chi connectivity index (χ1n) is 9.54. The lowest BCUT2D eigenvalue weighted by atomic mass is 9.89. The van der Waals surface area contributed by atoms with Crippen LogP contribution >= 0.6 is 0 Å². The molecule has 0 radical (unpaired) electrons. The van der Waals surface area contributed by atoms with Crippen LogP contribution in [0.25, 0.3) is 0 Å². The van der Waals surface area contributed by atoms with E-state index in [1.807, 2.05) is 24.3 Å². The van der Waals surface area contributed by atoms with Gasteiger partial charge in [0.1, 0.15) is 0 Å². The smallest absolute Gasteiger partial charge is 0.303 e. The molecule has 0 aliphatic heterocycles. The molecule has 4 nitrogen and oxygen atoms in total. The Labute approximate surface area is 152 Å². The highest BCUT2D eigenvalue weighted by molar-refractivity contribution is 5.66. The average Bonchev–Trinajstić information content (AvgIpc) is 2.82. The number of aliphatic carboxylic acids is 1. The molecule has 1 rings (SSSR count). The third-order valence-corrected chi connectivity index (χ3v) is 4.88. The summed E-state index contributed by atoms with van der Waals surface area (Å²) in [7, 11) is 0. The van der Waals surface area contributed by atoms with Crippen molar-refractivity contribution >= 4 is 5.97 Å². The SMILES string of the molecule is C=C1C[C@H](O)[C@H](CC=CCCCC(=O)O)[C@H]1C=C[C@@H](O)CCCCC. The molecular weight excluding hydrogens is 316 g/mol. The molecule has 4 atom stereocenters. The topological polar surface area (TPSA) is 77.8 Å². The monoisotopic (exact) mass is 350 g/mol. The number of hydrogen-bond acceptors (Lipinski definition) is 3. The molecule has 25 heavy (non-hydrogen) atoms. The third-order valence-electron chi connectivity index (χ3n) is 4.88. The molecule has 0 aromatic heterocycles. The second-order valence-electron chi connectivity index (χ2n) is 7.06. The Hall–Kier alpha value is -1.39. The molecule has 3 N–H and O–H groups in total. The van der Waals surface area contributed by atoms with Crippen LogP contribution in [0.3, 0.4) is 0 Å². The molecule has 1 saturated carbocycles. The van der Waals surface area contributed by atoms with Crippen LogP contribution in [0.2, 0.25) is 0 Å². The van der Waals surface area contributed by atoms with E-state index >= 15 is 0 Å². The fourth-order valence-corrected chi connectivity index (χ4v) is 3.37. The number of hydrogen-bond donors (Lipinski definition) is 3. The second-order valence-corrected chi connectivity index (χ2v) is 7.06. The van der Waals surface area contributed by atoms with E-state index in [-0.39, 0.29) is 18.3 Å². The zero-order chi connectivity index (χ0) is 18.7. The van der Waals surface area contributed by atoms with Gasteiger partial charge in [-0.1, -0.05) is 62.6 Å². The van der Waals surface area contributed by atoms with Crippen LogP contribution in [0.4, 0.5) is 0 Å². The van der Waals surface area contributed by atoms with Gasteiger partial charge in [-0.25, -0.2) is 0 Å². The molecule has 0 saturated heterocycles. The van der Waals surface area contributed by atoms with E-state index in [1.54, 1.807) is 0 Å². The maximum Gasteiger partial charge on any atom is 0.303 e. The summed E-state index contributed by atoms with van der Waals surface area (Å²) in [4.78, 5) is 10.5. The maximum absolute atomic E-state index is 10.5. The summed E-state index contributed by atoms with van der Waals surface area (Å²) in [6.45, 7) is 6.23. The number of aliphatic hydroxyl groups excluding tert-OH is 2. The van der Waals surface area contributed by atoms with Crippen LogP contribution in [0.1, 0.15) is 64.7 Å². The van der Waals surface area contributed by atoms with Crippen molar-refractivity contribution in [2.75, 3.05) is 0 Å². The predicted molar refractivity (Wildman–Crippen MR) is 101 cm³/mol. The van der Waals surface area contributed by atoms with Crippen molar-refractivity contribution in [1.29, 1.82) is 0 Å². The van der Waals surface area contributed by atoms with Crippen LogP contribution in [-0.2, 0) is 4.79 Å². The first-order valence-corrected chi connectivity index (χ1v) is 9.54. The van der Waals surface area contributed by atoms with Crippen molar-refractivity contribution in [2.24, 2.45) is 11.8 Å². The van der Waals surface area contributed by atoms with Crippen LogP contribution in [0.5, 0.6) is 0 Å². The van der Waals surface area contributed by atoms with E-state index < -0.39 is 18.2 Å². The minimum atomic E-state index is -0.765. The summed E-state index contributed by atoms with van der Waals surface area (Å²) < 4.78 is 0. The van der Waals surface area contributed by atoms with Gasteiger partial charge in [0.25, 0.3) is 0 Å². The quantitative estimate of drug-likeness (QED) is 0.363. The van der Waals surface area contributed by atoms with Crippen LogP contribution < -0.4 is 0 Å². The van der Waals surface area contributed by atoms with E-state index in [1.165, 1.54) is 0 Å². The van der Waals surface area contributed by atoms with Crippen molar-refractivity contribution in [1.82, 2.24) is 0 Å². The Bertz CT molecular complexity index is 467. The lowest BCUT2D eigenvalue weighted by Gasteiger charge is -2.18. The molecule has 0 unspecified atom stereocenters. The molecule has 0 bridgehead atoms. The zero-order valence-corrected chi connectivity index (χ0v) is 15.4. The molecular formula is C21H34O4. The van der Waals surface area contributed by atoms with Gasteiger partial charge in [0.15, 0.2) is 0 Å². The van der Waals surface area contributed by atoms with E-state index in [0.717, 1.165) is 44.1 Å². The average molecular weight is 350 g/mol. The van der Waals surface area contributed by atoms with Gasteiger partial charge in [-0.2, -0.15) is 0 Å². The van der Waals surface area contributed by atoms with Gasteiger partial charge < -0.3 is 15.3 Å². The van der Waals surface area contributed by atoms with Gasteiger partial charge in [0.2, 0.25) is 0 Å². The van der Waals surface area contributed by atoms with Gasteiger partial charge in [-0.15, -0.1) is 0 Å². The number of carbonyl (C=O) groups is 1. The maximum atomic E-state index is 10.5. The third kappa shape index (κ3) is 8.50. The summed E-state index contributed by atoms with van der Waals surface area (Å²) in [5, 5.41) is 28.9. The van der Waals surface area contributed by atoms with Crippen molar-refractivity contribution < 1.29 is 20.1 Å². The Morgan fingerprint density at radius 3 is 2.76 bits per heavy atom. The van der Waals surface area contributed by atoms with Gasteiger partial charge in [-0.3, -0.25) is 4.79 Å². The number of allylic oxidation sites excluding steroid dienone is 3. The van der Waals surface area contributed by atoms with E-state index in [4.69, 9.17) is 5.11 Å². The van der Waals surface area contributed by atoms with E-state index in [9.17, 15) is 15.0 Å². The summed E-state index contributed by atoms with van der Waals surface area (Å²) in [5.74, 6) is -0.583.